The van der Waals surface area contributed by atoms with Crippen LogP contribution in [-0.2, 0) is 11.0 Å². The van der Waals surface area contributed by atoms with Crippen LogP contribution in [0.15, 0.2) is 57.5 Å². The van der Waals surface area contributed by atoms with E-state index in [1.807, 2.05) is 18.2 Å². The van der Waals surface area contributed by atoms with Gasteiger partial charge < -0.3 is 19.5 Å². The van der Waals surface area contributed by atoms with Crippen LogP contribution in [0.5, 0.6) is 5.75 Å². The number of nitrogens with zero attached hydrogens (tertiary/aromatic N) is 4. The Bertz CT molecular complexity index is 1510. The Morgan fingerprint density at radius 1 is 1.18 bits per heavy atom. The first-order valence-electron chi connectivity index (χ1n) is 12.5. The Labute approximate surface area is 244 Å². The van der Waals surface area contributed by atoms with Crippen molar-refractivity contribution >= 4 is 61.3 Å². The number of benzene rings is 2. The van der Waals surface area contributed by atoms with Crippen LogP contribution in [0.25, 0.3) is 21.6 Å². The van der Waals surface area contributed by atoms with Gasteiger partial charge >= 0.3 is 6.18 Å². The van der Waals surface area contributed by atoms with E-state index in [4.69, 9.17) is 9.72 Å². The first kappa shape index (κ1) is 28.6. The predicted molar refractivity (Wildman–Crippen MR) is 151 cm³/mol. The molecule has 1 fully saturated rings. The Morgan fingerprint density at radius 2 is 1.88 bits per heavy atom. The molecule has 1 unspecified atom stereocenters. The average molecular weight is 653 g/mol. The molecule has 0 saturated carbocycles. The van der Waals surface area contributed by atoms with Gasteiger partial charge in [-0.1, -0.05) is 48.2 Å². The lowest BCUT2D eigenvalue weighted by atomic mass is 10.0. The molecule has 0 bridgehead atoms. The van der Waals surface area contributed by atoms with Crippen molar-refractivity contribution in [2.75, 3.05) is 18.0 Å². The van der Waals surface area contributed by atoms with Crippen molar-refractivity contribution in [2.24, 2.45) is 0 Å². The Kier molecular flexibility index (Phi) is 8.52. The summed E-state index contributed by atoms with van der Waals surface area (Å²) < 4.78 is 46.4. The molecule has 0 spiro atoms. The number of carboxylic acid groups (broad SMARTS) is 1. The van der Waals surface area contributed by atoms with Gasteiger partial charge in [0, 0.05) is 25.9 Å². The maximum absolute atomic E-state index is 12.9. The van der Waals surface area contributed by atoms with Crippen LogP contribution >= 0.6 is 39.0 Å². The molecule has 2 aromatic heterocycles. The summed E-state index contributed by atoms with van der Waals surface area (Å²) in [5.41, 5.74) is 1.24. The maximum Gasteiger partial charge on any atom is 0.416 e. The highest BCUT2D eigenvalue weighted by atomic mass is 79.9. The van der Waals surface area contributed by atoms with E-state index in [2.05, 4.69) is 30.8 Å². The first-order chi connectivity index (χ1) is 19.1. The largest absolute Gasteiger partial charge is 0.549 e. The molecule has 1 atom stereocenters. The summed E-state index contributed by atoms with van der Waals surface area (Å²) in [6, 6.07) is 10.6. The highest BCUT2D eigenvalue weighted by Crippen LogP contribution is 2.36. The minimum Gasteiger partial charge on any atom is -0.549 e. The first-order valence-corrected chi connectivity index (χ1v) is 15.0. The number of carboxylic acids is 1. The summed E-state index contributed by atoms with van der Waals surface area (Å²) in [6.45, 7) is 3.19. The summed E-state index contributed by atoms with van der Waals surface area (Å²) in [4.78, 5) is 27.6. The van der Waals surface area contributed by atoms with E-state index in [1.54, 1.807) is 13.1 Å². The van der Waals surface area contributed by atoms with Gasteiger partial charge in [-0.25, -0.2) is 15.0 Å². The third-order valence-corrected chi connectivity index (χ3v) is 9.53. The third kappa shape index (κ3) is 6.52. The Balaban J connectivity index is 1.22. The van der Waals surface area contributed by atoms with E-state index in [9.17, 15) is 23.1 Å². The van der Waals surface area contributed by atoms with Crippen molar-refractivity contribution in [3.05, 3.63) is 58.7 Å². The molecule has 5 rings (SSSR count). The van der Waals surface area contributed by atoms with Gasteiger partial charge in [0.25, 0.3) is 0 Å². The van der Waals surface area contributed by atoms with Crippen LogP contribution in [0.1, 0.15) is 31.7 Å². The van der Waals surface area contributed by atoms with Gasteiger partial charge in [-0.2, -0.15) is 13.2 Å². The molecule has 0 N–H and O–H groups in total. The second kappa shape index (κ2) is 11.9. The SMILES string of the molecule is CCC(Sc1nc2ncc(N3CCC(Oc4cc(-c5ccc(C(F)(F)F)cc5)ccc4Br)CC3)nc2s1)C(=O)[O-]. The number of rotatable bonds is 8. The summed E-state index contributed by atoms with van der Waals surface area (Å²) >= 11 is 5.99. The van der Waals surface area contributed by atoms with E-state index >= 15 is 0 Å². The molecule has 210 valence electrons. The lowest BCUT2D eigenvalue weighted by molar-refractivity contribution is -0.304. The van der Waals surface area contributed by atoms with Crippen LogP contribution in [-0.4, -0.2) is 45.4 Å². The van der Waals surface area contributed by atoms with E-state index in [0.717, 1.165) is 52.6 Å². The number of carbonyl (C=O) groups is 1. The number of fused-ring (bicyclic) bond motifs is 1. The molecule has 1 saturated heterocycles. The van der Waals surface area contributed by atoms with Gasteiger partial charge in [0.05, 0.1) is 27.5 Å². The highest BCUT2D eigenvalue weighted by Gasteiger charge is 2.30. The summed E-state index contributed by atoms with van der Waals surface area (Å²) in [5, 5.41) is 10.6. The molecule has 40 heavy (non-hydrogen) atoms. The zero-order valence-corrected chi connectivity index (χ0v) is 24.4. The normalized spacial score (nSPS) is 15.4. The third-order valence-electron chi connectivity index (χ3n) is 6.50. The van der Waals surface area contributed by atoms with Crippen molar-refractivity contribution in [3.8, 4) is 16.9 Å². The summed E-state index contributed by atoms with van der Waals surface area (Å²) in [5.74, 6) is 0.245. The van der Waals surface area contributed by atoms with Gasteiger partial charge in [0.1, 0.15) is 17.7 Å². The molecule has 3 heterocycles. The zero-order valence-electron chi connectivity index (χ0n) is 21.2. The number of halogens is 4. The number of alkyl halides is 3. The molecule has 1 aliphatic heterocycles. The quantitative estimate of drug-likeness (QED) is 0.208. The van der Waals surface area contributed by atoms with E-state index in [0.29, 0.717) is 45.6 Å². The number of carbonyl (C=O) groups excluding carboxylic acids is 1. The minimum atomic E-state index is -4.38. The standard InChI is InChI=1S/C27H24BrF3N4O3S2/c1-2-21(25(36)37)39-26-34-23-24(40-26)33-22(14-32-23)35-11-9-18(10-12-35)38-20-13-16(5-8-19(20)28)15-3-6-17(7-4-15)27(29,30)31/h3-8,13-14,18,21H,2,9-12H2,1H3,(H,36,37)/p-1. The van der Waals surface area contributed by atoms with Crippen LogP contribution in [0, 0.1) is 0 Å². The molecule has 0 radical (unpaired) electrons. The summed E-state index contributed by atoms with van der Waals surface area (Å²) in [6.07, 6.45) is -0.831. The number of thiazole rings is 1. The topological polar surface area (TPSA) is 91.3 Å². The molecule has 7 nitrogen and oxygen atoms in total. The van der Waals surface area contributed by atoms with Crippen molar-refractivity contribution < 1.29 is 27.8 Å². The number of thioether (sulfide) groups is 1. The fourth-order valence-corrected chi connectivity index (χ4v) is 6.71. The number of piperidine rings is 1. The van der Waals surface area contributed by atoms with E-state index in [1.165, 1.54) is 23.5 Å². The molecule has 0 amide bonds. The summed E-state index contributed by atoms with van der Waals surface area (Å²) in [7, 11) is 0. The second-order valence-electron chi connectivity index (χ2n) is 9.20. The lowest BCUT2D eigenvalue weighted by Gasteiger charge is -2.33. The predicted octanol–water partition coefficient (Wildman–Crippen LogP) is 6.20. The number of hydrogen-bond acceptors (Lipinski definition) is 9. The van der Waals surface area contributed by atoms with Crippen LogP contribution in [0.3, 0.4) is 0 Å². The van der Waals surface area contributed by atoms with Gasteiger partial charge in [0.2, 0.25) is 0 Å². The Hall–Kier alpha value is -2.90. The highest BCUT2D eigenvalue weighted by molar-refractivity contribution is 9.10. The lowest BCUT2D eigenvalue weighted by Crippen LogP contribution is -2.38. The molecule has 2 aromatic carbocycles. The van der Waals surface area contributed by atoms with Gasteiger partial charge in [0.15, 0.2) is 14.8 Å². The fourth-order valence-electron chi connectivity index (χ4n) is 4.32. The number of ether oxygens (including phenoxy) is 1. The second-order valence-corrected chi connectivity index (χ2v) is 12.5. The van der Waals surface area contributed by atoms with Crippen molar-refractivity contribution in [1.29, 1.82) is 0 Å². The number of hydrogen-bond donors (Lipinski definition) is 0. The minimum absolute atomic E-state index is 0.0471. The molecule has 4 aromatic rings. The van der Waals surface area contributed by atoms with Crippen LogP contribution < -0.4 is 14.7 Å². The smallest absolute Gasteiger partial charge is 0.416 e. The van der Waals surface area contributed by atoms with Gasteiger partial charge in [-0.05, 0) is 57.7 Å². The molecule has 13 heteroatoms. The van der Waals surface area contributed by atoms with Crippen LogP contribution in [0.4, 0.5) is 19.0 Å². The van der Waals surface area contributed by atoms with E-state index < -0.39 is 23.0 Å². The van der Waals surface area contributed by atoms with Crippen molar-refractivity contribution in [2.45, 2.75) is 48.1 Å². The molecule has 1 aliphatic rings. The van der Waals surface area contributed by atoms with Crippen molar-refractivity contribution in [1.82, 2.24) is 15.0 Å². The molecule has 0 aliphatic carbocycles. The fraction of sp³-hybridized carbons (Fsp3) is 0.333. The van der Waals surface area contributed by atoms with Gasteiger partial charge in [-0.15, -0.1) is 0 Å². The zero-order chi connectivity index (χ0) is 28.4. The maximum atomic E-state index is 12.9. The van der Waals surface area contributed by atoms with Gasteiger partial charge in [-0.3, -0.25) is 0 Å². The number of aromatic nitrogens is 3. The number of anilines is 1. The molecular weight excluding hydrogens is 629 g/mol. The average Bonchev–Trinajstić information content (AvgIpc) is 3.34. The number of aliphatic carboxylic acids is 1. The monoisotopic (exact) mass is 651 g/mol. The van der Waals surface area contributed by atoms with E-state index in [-0.39, 0.29) is 6.10 Å². The van der Waals surface area contributed by atoms with Crippen molar-refractivity contribution in [3.63, 3.8) is 0 Å². The Morgan fingerprint density at radius 3 is 2.52 bits per heavy atom. The van der Waals surface area contributed by atoms with Crippen LogP contribution in [0.2, 0.25) is 0 Å². The molecular formula is C27H23BrF3N4O3S2-.